The molecule has 0 saturated carbocycles. The third kappa shape index (κ3) is 5.92. The van der Waals surface area contributed by atoms with Gasteiger partial charge in [-0.3, -0.25) is 9.69 Å². The van der Waals surface area contributed by atoms with Gasteiger partial charge in [0.25, 0.3) is 5.91 Å². The molecule has 1 amide bonds. The maximum atomic E-state index is 12.4. The number of benzene rings is 2. The lowest BCUT2D eigenvalue weighted by atomic mass is 10.1. The van der Waals surface area contributed by atoms with E-state index < -0.39 is 0 Å². The Bertz CT molecular complexity index is 1030. The lowest BCUT2D eigenvalue weighted by Crippen LogP contribution is -2.25. The Morgan fingerprint density at radius 3 is 2.53 bits per heavy atom. The number of rotatable bonds is 10. The molecule has 1 N–H and O–H groups in total. The Labute approximate surface area is 189 Å². The molecule has 1 aromatic heterocycles. The van der Waals surface area contributed by atoms with E-state index in [1.54, 1.807) is 6.07 Å². The van der Waals surface area contributed by atoms with Crippen molar-refractivity contribution in [1.29, 1.82) is 0 Å². The van der Waals surface area contributed by atoms with E-state index in [2.05, 4.69) is 42.3 Å². The molecule has 6 heteroatoms. The Balaban J connectivity index is 1.44. The molecule has 0 atom stereocenters. The summed E-state index contributed by atoms with van der Waals surface area (Å²) < 4.78 is 16.8. The van der Waals surface area contributed by atoms with E-state index in [1.807, 2.05) is 36.4 Å². The summed E-state index contributed by atoms with van der Waals surface area (Å²) in [6, 6.07) is 20.0. The fourth-order valence-corrected chi connectivity index (χ4v) is 3.67. The third-order valence-electron chi connectivity index (χ3n) is 5.36. The van der Waals surface area contributed by atoms with Gasteiger partial charge >= 0.3 is 0 Å². The van der Waals surface area contributed by atoms with Gasteiger partial charge in [0, 0.05) is 19.6 Å². The number of hydrogen-bond acceptors (Lipinski definition) is 5. The molecule has 1 aliphatic rings. The number of fused-ring (bicyclic) bond motifs is 1. The highest BCUT2D eigenvalue weighted by Crippen LogP contribution is 2.33. The van der Waals surface area contributed by atoms with Gasteiger partial charge < -0.3 is 19.2 Å². The van der Waals surface area contributed by atoms with Crippen LogP contribution in [-0.4, -0.2) is 24.1 Å². The predicted molar refractivity (Wildman–Crippen MR) is 122 cm³/mol. The van der Waals surface area contributed by atoms with Crippen molar-refractivity contribution in [3.05, 3.63) is 83.3 Å². The first-order valence-corrected chi connectivity index (χ1v) is 11.1. The normalized spacial score (nSPS) is 12.5. The van der Waals surface area contributed by atoms with Crippen LogP contribution in [0.1, 0.15) is 47.7 Å². The van der Waals surface area contributed by atoms with E-state index >= 15 is 0 Å². The zero-order chi connectivity index (χ0) is 22.3. The highest BCUT2D eigenvalue weighted by atomic mass is 16.7. The minimum atomic E-state index is -0.165. The van der Waals surface area contributed by atoms with Crippen molar-refractivity contribution in [3.8, 4) is 11.5 Å². The van der Waals surface area contributed by atoms with Crippen LogP contribution in [0.25, 0.3) is 0 Å². The highest BCUT2D eigenvalue weighted by Gasteiger charge is 2.17. The second-order valence-corrected chi connectivity index (χ2v) is 8.52. The summed E-state index contributed by atoms with van der Waals surface area (Å²) >= 11 is 0. The van der Waals surface area contributed by atoms with E-state index in [-0.39, 0.29) is 12.7 Å². The Morgan fingerprint density at radius 1 is 0.938 bits per heavy atom. The van der Waals surface area contributed by atoms with Gasteiger partial charge in [0.1, 0.15) is 5.76 Å². The number of carbonyl (C=O) groups is 1. The maximum absolute atomic E-state index is 12.4. The monoisotopic (exact) mass is 434 g/mol. The largest absolute Gasteiger partial charge is 0.455 e. The second kappa shape index (κ2) is 10.4. The lowest BCUT2D eigenvalue weighted by molar-refractivity contribution is 0.0919. The van der Waals surface area contributed by atoms with Crippen molar-refractivity contribution < 1.29 is 18.7 Å². The van der Waals surface area contributed by atoms with Gasteiger partial charge in [0.05, 0.1) is 6.54 Å². The molecule has 0 aliphatic carbocycles. The summed E-state index contributed by atoms with van der Waals surface area (Å²) in [4.78, 5) is 14.7. The first-order valence-electron chi connectivity index (χ1n) is 11.1. The molecule has 2 heterocycles. The van der Waals surface area contributed by atoms with Crippen molar-refractivity contribution in [3.63, 3.8) is 0 Å². The van der Waals surface area contributed by atoms with Crippen molar-refractivity contribution >= 4 is 5.91 Å². The number of ether oxygens (including phenoxy) is 2. The zero-order valence-corrected chi connectivity index (χ0v) is 18.7. The number of nitrogens with one attached hydrogen (secondary N) is 1. The minimum Gasteiger partial charge on any atom is -0.455 e. The molecule has 0 fully saturated rings. The van der Waals surface area contributed by atoms with Crippen LogP contribution in [0.5, 0.6) is 11.5 Å². The quantitative estimate of drug-likeness (QED) is 0.487. The summed E-state index contributed by atoms with van der Waals surface area (Å²) in [5.74, 6) is 3.05. The van der Waals surface area contributed by atoms with Crippen LogP contribution < -0.4 is 14.8 Å². The van der Waals surface area contributed by atoms with Gasteiger partial charge in [-0.2, -0.15) is 0 Å². The molecule has 2 aromatic carbocycles. The van der Waals surface area contributed by atoms with Crippen LogP contribution in [0.15, 0.2) is 65.1 Å². The van der Waals surface area contributed by atoms with Crippen LogP contribution in [-0.2, 0) is 19.6 Å². The standard InChI is InChI=1S/C26H30N2O4/c1-19(2)12-13-27-26(29)24-11-9-22(32-24)17-28(15-20-6-4-3-5-7-20)16-21-8-10-23-25(14-21)31-18-30-23/h3-11,14,19H,12-13,15-18H2,1-2H3,(H,27,29). The predicted octanol–water partition coefficient (Wildman–Crippen LogP) is 4.99. The number of nitrogens with zero attached hydrogens (tertiary/aromatic N) is 1. The Kier molecular flexibility index (Phi) is 7.12. The van der Waals surface area contributed by atoms with Gasteiger partial charge in [-0.25, -0.2) is 0 Å². The minimum absolute atomic E-state index is 0.165. The van der Waals surface area contributed by atoms with Crippen LogP contribution in [0.2, 0.25) is 0 Å². The lowest BCUT2D eigenvalue weighted by Gasteiger charge is -2.22. The molecule has 32 heavy (non-hydrogen) atoms. The average Bonchev–Trinajstić information content (AvgIpc) is 3.43. The molecule has 1 aliphatic heterocycles. The molecule has 0 spiro atoms. The SMILES string of the molecule is CC(C)CCNC(=O)c1ccc(CN(Cc2ccccc2)Cc2ccc3c(c2)OCO3)o1. The Hall–Kier alpha value is -3.25. The van der Waals surface area contributed by atoms with Crippen LogP contribution in [0, 0.1) is 5.92 Å². The van der Waals surface area contributed by atoms with Crippen LogP contribution >= 0.6 is 0 Å². The Morgan fingerprint density at radius 2 is 1.72 bits per heavy atom. The van der Waals surface area contributed by atoms with E-state index in [1.165, 1.54) is 5.56 Å². The van der Waals surface area contributed by atoms with Crippen molar-refractivity contribution in [2.45, 2.75) is 39.9 Å². The summed E-state index contributed by atoms with van der Waals surface area (Å²) in [5, 5.41) is 2.93. The van der Waals surface area contributed by atoms with E-state index in [4.69, 9.17) is 13.9 Å². The summed E-state index contributed by atoms with van der Waals surface area (Å²) in [6.45, 7) is 7.24. The fraction of sp³-hybridized carbons (Fsp3) is 0.346. The van der Waals surface area contributed by atoms with Gasteiger partial charge in [-0.15, -0.1) is 0 Å². The van der Waals surface area contributed by atoms with Crippen molar-refractivity contribution in [2.24, 2.45) is 5.92 Å². The fourth-order valence-electron chi connectivity index (χ4n) is 3.67. The van der Waals surface area contributed by atoms with E-state index in [0.717, 1.165) is 35.8 Å². The molecule has 0 radical (unpaired) electrons. The molecular formula is C26H30N2O4. The van der Waals surface area contributed by atoms with Gasteiger partial charge in [-0.05, 0) is 47.7 Å². The van der Waals surface area contributed by atoms with Crippen molar-refractivity contribution in [2.75, 3.05) is 13.3 Å². The maximum Gasteiger partial charge on any atom is 0.286 e. The molecule has 3 aromatic rings. The first-order chi connectivity index (χ1) is 15.6. The van der Waals surface area contributed by atoms with Crippen molar-refractivity contribution in [1.82, 2.24) is 10.2 Å². The zero-order valence-electron chi connectivity index (χ0n) is 18.7. The molecule has 0 bridgehead atoms. The van der Waals surface area contributed by atoms with Crippen LogP contribution in [0.3, 0.4) is 0 Å². The van der Waals surface area contributed by atoms with E-state index in [9.17, 15) is 4.79 Å². The van der Waals surface area contributed by atoms with Gasteiger partial charge in [0.2, 0.25) is 6.79 Å². The van der Waals surface area contributed by atoms with E-state index in [0.29, 0.717) is 31.3 Å². The molecule has 0 unspecified atom stereocenters. The third-order valence-corrected chi connectivity index (χ3v) is 5.36. The summed E-state index contributed by atoms with van der Waals surface area (Å²) in [7, 11) is 0. The number of amides is 1. The molecule has 168 valence electrons. The molecular weight excluding hydrogens is 404 g/mol. The molecule has 6 nitrogen and oxygen atoms in total. The number of hydrogen-bond donors (Lipinski definition) is 1. The number of carbonyl (C=O) groups excluding carboxylic acids is 1. The van der Waals surface area contributed by atoms with Gasteiger partial charge in [-0.1, -0.05) is 50.2 Å². The highest BCUT2D eigenvalue weighted by molar-refractivity contribution is 5.91. The van der Waals surface area contributed by atoms with Gasteiger partial charge in [0.15, 0.2) is 17.3 Å². The first kappa shape index (κ1) is 22.0. The topological polar surface area (TPSA) is 63.9 Å². The summed E-state index contributed by atoms with van der Waals surface area (Å²) in [6.07, 6.45) is 0.944. The smallest absolute Gasteiger partial charge is 0.286 e. The molecule has 0 saturated heterocycles. The molecule has 4 rings (SSSR count). The van der Waals surface area contributed by atoms with Crippen LogP contribution in [0.4, 0.5) is 0 Å². The average molecular weight is 435 g/mol. The second-order valence-electron chi connectivity index (χ2n) is 8.52. The number of furan rings is 1. The summed E-state index contributed by atoms with van der Waals surface area (Å²) in [5.41, 5.74) is 2.34.